The third-order valence-electron chi connectivity index (χ3n) is 3.30. The molecule has 1 aliphatic heterocycles. The molecule has 1 aliphatic rings. The Morgan fingerprint density at radius 2 is 2.29 bits per heavy atom. The summed E-state index contributed by atoms with van der Waals surface area (Å²) in [5.74, 6) is -1.18. The van der Waals surface area contributed by atoms with Crippen molar-refractivity contribution in [2.75, 3.05) is 13.1 Å². The van der Waals surface area contributed by atoms with Crippen molar-refractivity contribution in [2.45, 2.75) is 19.4 Å². The molecule has 92 valence electrons. The van der Waals surface area contributed by atoms with Crippen LogP contribution in [0.3, 0.4) is 0 Å². The molecule has 17 heavy (non-hydrogen) atoms. The fourth-order valence-electron chi connectivity index (χ4n) is 2.16. The number of rotatable bonds is 4. The molecule has 1 unspecified atom stereocenters. The Morgan fingerprint density at radius 3 is 2.88 bits per heavy atom. The van der Waals surface area contributed by atoms with Crippen molar-refractivity contribution in [1.82, 2.24) is 4.90 Å². The first-order valence-electron chi connectivity index (χ1n) is 5.77. The fraction of sp³-hybridized carbons (Fsp3) is 0.462. The minimum atomic E-state index is -0.723. The zero-order chi connectivity index (χ0) is 12.4. The summed E-state index contributed by atoms with van der Waals surface area (Å²) in [5.41, 5.74) is 0.955. The van der Waals surface area contributed by atoms with Gasteiger partial charge in [0.15, 0.2) is 0 Å². The molecule has 1 aromatic rings. The summed E-state index contributed by atoms with van der Waals surface area (Å²) < 4.78 is 13.0. The Kier molecular flexibility index (Phi) is 3.43. The summed E-state index contributed by atoms with van der Waals surface area (Å²) in [5, 5.41) is 8.78. The number of likely N-dealkylation sites (tertiary alicyclic amines) is 1. The fourth-order valence-corrected chi connectivity index (χ4v) is 2.16. The Bertz CT molecular complexity index is 416. The van der Waals surface area contributed by atoms with Crippen molar-refractivity contribution in [3.63, 3.8) is 0 Å². The maximum atomic E-state index is 13.0. The summed E-state index contributed by atoms with van der Waals surface area (Å²) in [6.07, 6.45) is 0.754. The number of carbonyl (C=O) groups is 1. The highest BCUT2D eigenvalue weighted by molar-refractivity contribution is 5.71. The standard InChI is InChI=1S/C13H16FNO2/c1-9(15-7-11(8-15)13(16)17)5-10-3-2-4-12(14)6-10/h2-4,6,9,11H,5,7-8H2,1H3,(H,16,17). The van der Waals surface area contributed by atoms with Gasteiger partial charge in [0.25, 0.3) is 0 Å². The van der Waals surface area contributed by atoms with Gasteiger partial charge in [0.05, 0.1) is 5.92 Å². The van der Waals surface area contributed by atoms with Gasteiger partial charge in [0.1, 0.15) is 5.82 Å². The largest absolute Gasteiger partial charge is 0.481 e. The molecular weight excluding hydrogens is 221 g/mol. The maximum absolute atomic E-state index is 13.0. The number of benzene rings is 1. The van der Waals surface area contributed by atoms with Crippen molar-refractivity contribution >= 4 is 5.97 Å². The van der Waals surface area contributed by atoms with Gasteiger partial charge in [0, 0.05) is 19.1 Å². The molecule has 1 heterocycles. The molecule has 0 radical (unpaired) electrons. The topological polar surface area (TPSA) is 40.5 Å². The van der Waals surface area contributed by atoms with Gasteiger partial charge in [-0.1, -0.05) is 12.1 Å². The highest BCUT2D eigenvalue weighted by atomic mass is 19.1. The molecule has 0 saturated carbocycles. The molecule has 1 N–H and O–H groups in total. The quantitative estimate of drug-likeness (QED) is 0.867. The van der Waals surface area contributed by atoms with Crippen molar-refractivity contribution in [2.24, 2.45) is 5.92 Å². The third kappa shape index (κ3) is 2.82. The van der Waals surface area contributed by atoms with Crippen LogP contribution in [0.5, 0.6) is 0 Å². The first kappa shape index (κ1) is 12.0. The second kappa shape index (κ2) is 4.84. The molecular formula is C13H16FNO2. The van der Waals surface area contributed by atoms with Crippen LogP contribution in [-0.2, 0) is 11.2 Å². The number of aliphatic carboxylic acids is 1. The molecule has 0 amide bonds. The Hall–Kier alpha value is -1.42. The first-order chi connectivity index (χ1) is 8.06. The molecule has 1 fully saturated rings. The molecule has 1 aromatic carbocycles. The molecule has 4 heteroatoms. The predicted octanol–water partition coefficient (Wildman–Crippen LogP) is 1.77. The molecule has 3 nitrogen and oxygen atoms in total. The smallest absolute Gasteiger partial charge is 0.309 e. The highest BCUT2D eigenvalue weighted by Gasteiger charge is 2.34. The number of halogens is 1. The van der Waals surface area contributed by atoms with Crippen LogP contribution in [0.15, 0.2) is 24.3 Å². The number of hydrogen-bond acceptors (Lipinski definition) is 2. The lowest BCUT2D eigenvalue weighted by Crippen LogP contribution is -2.54. The van der Waals surface area contributed by atoms with E-state index >= 15 is 0 Å². The van der Waals surface area contributed by atoms with Gasteiger partial charge in [0.2, 0.25) is 0 Å². The molecule has 0 spiro atoms. The molecule has 0 aromatic heterocycles. The Balaban J connectivity index is 1.86. The minimum absolute atomic E-state index is 0.221. The normalized spacial score (nSPS) is 18.7. The Morgan fingerprint density at radius 1 is 1.59 bits per heavy atom. The van der Waals surface area contributed by atoms with E-state index in [9.17, 15) is 9.18 Å². The van der Waals surface area contributed by atoms with E-state index in [0.717, 1.165) is 12.0 Å². The van der Waals surface area contributed by atoms with Crippen LogP contribution in [0.25, 0.3) is 0 Å². The minimum Gasteiger partial charge on any atom is -0.481 e. The summed E-state index contributed by atoms with van der Waals surface area (Å²) in [6.45, 7) is 3.25. The number of hydrogen-bond donors (Lipinski definition) is 1. The van der Waals surface area contributed by atoms with Crippen molar-refractivity contribution in [1.29, 1.82) is 0 Å². The monoisotopic (exact) mass is 237 g/mol. The van der Waals surface area contributed by atoms with Gasteiger partial charge in [-0.3, -0.25) is 9.69 Å². The van der Waals surface area contributed by atoms with E-state index in [2.05, 4.69) is 4.90 Å². The average molecular weight is 237 g/mol. The number of carboxylic acid groups (broad SMARTS) is 1. The van der Waals surface area contributed by atoms with E-state index in [4.69, 9.17) is 5.11 Å². The van der Waals surface area contributed by atoms with Crippen molar-refractivity contribution < 1.29 is 14.3 Å². The predicted molar refractivity (Wildman–Crippen MR) is 62.3 cm³/mol. The first-order valence-corrected chi connectivity index (χ1v) is 5.77. The zero-order valence-electron chi connectivity index (χ0n) is 9.77. The van der Waals surface area contributed by atoms with Gasteiger partial charge in [-0.2, -0.15) is 0 Å². The lowest BCUT2D eigenvalue weighted by molar-refractivity contribution is -0.148. The van der Waals surface area contributed by atoms with Gasteiger partial charge in [-0.25, -0.2) is 4.39 Å². The van der Waals surface area contributed by atoms with E-state index in [-0.39, 0.29) is 17.8 Å². The summed E-state index contributed by atoms with van der Waals surface area (Å²) >= 11 is 0. The van der Waals surface area contributed by atoms with Gasteiger partial charge in [-0.15, -0.1) is 0 Å². The van der Waals surface area contributed by atoms with Crippen LogP contribution in [0, 0.1) is 11.7 Å². The lowest BCUT2D eigenvalue weighted by Gasteiger charge is -2.41. The maximum Gasteiger partial charge on any atom is 0.309 e. The van der Waals surface area contributed by atoms with Crippen LogP contribution in [-0.4, -0.2) is 35.1 Å². The Labute approximate surface area is 99.9 Å². The van der Waals surface area contributed by atoms with E-state index < -0.39 is 5.97 Å². The van der Waals surface area contributed by atoms with Crippen LogP contribution < -0.4 is 0 Å². The van der Waals surface area contributed by atoms with E-state index in [1.165, 1.54) is 12.1 Å². The molecule has 1 saturated heterocycles. The van der Waals surface area contributed by atoms with Crippen LogP contribution in [0.1, 0.15) is 12.5 Å². The van der Waals surface area contributed by atoms with E-state index in [1.54, 1.807) is 6.07 Å². The van der Waals surface area contributed by atoms with Crippen LogP contribution in [0.4, 0.5) is 4.39 Å². The summed E-state index contributed by atoms with van der Waals surface area (Å²) in [7, 11) is 0. The number of carboxylic acids is 1. The van der Waals surface area contributed by atoms with Crippen molar-refractivity contribution in [3.05, 3.63) is 35.6 Å². The van der Waals surface area contributed by atoms with E-state index in [1.807, 2.05) is 13.0 Å². The van der Waals surface area contributed by atoms with Gasteiger partial charge < -0.3 is 5.11 Å². The summed E-state index contributed by atoms with van der Waals surface area (Å²) in [4.78, 5) is 12.8. The second-order valence-electron chi connectivity index (χ2n) is 4.67. The molecule has 2 rings (SSSR count). The lowest BCUT2D eigenvalue weighted by atomic mass is 9.95. The third-order valence-corrected chi connectivity index (χ3v) is 3.30. The van der Waals surface area contributed by atoms with Crippen LogP contribution in [0.2, 0.25) is 0 Å². The SMILES string of the molecule is CC(Cc1cccc(F)c1)N1CC(C(=O)O)C1. The van der Waals surface area contributed by atoms with E-state index in [0.29, 0.717) is 13.1 Å². The average Bonchev–Trinajstić information content (AvgIpc) is 2.13. The molecule has 0 aliphatic carbocycles. The zero-order valence-corrected chi connectivity index (χ0v) is 9.77. The van der Waals surface area contributed by atoms with Gasteiger partial charge >= 0.3 is 5.97 Å². The highest BCUT2D eigenvalue weighted by Crippen LogP contribution is 2.21. The molecule has 1 atom stereocenters. The van der Waals surface area contributed by atoms with Crippen LogP contribution >= 0.6 is 0 Å². The number of nitrogens with zero attached hydrogens (tertiary/aromatic N) is 1. The molecule has 0 bridgehead atoms. The van der Waals surface area contributed by atoms with Gasteiger partial charge in [-0.05, 0) is 31.0 Å². The second-order valence-corrected chi connectivity index (χ2v) is 4.67. The van der Waals surface area contributed by atoms with Crippen molar-refractivity contribution in [3.8, 4) is 0 Å². The summed E-state index contributed by atoms with van der Waals surface area (Å²) in [6, 6.07) is 6.82.